The van der Waals surface area contributed by atoms with Gasteiger partial charge in [-0.25, -0.2) is 9.49 Å². The van der Waals surface area contributed by atoms with Crippen LogP contribution in [0.2, 0.25) is 0 Å². The Labute approximate surface area is 216 Å². The van der Waals surface area contributed by atoms with Gasteiger partial charge in [-0.15, -0.1) is 11.3 Å². The van der Waals surface area contributed by atoms with Gasteiger partial charge in [0, 0.05) is 36.0 Å². The summed E-state index contributed by atoms with van der Waals surface area (Å²) in [6.07, 6.45) is 7.29. The van der Waals surface area contributed by atoms with Crippen LogP contribution in [0.3, 0.4) is 0 Å². The van der Waals surface area contributed by atoms with Crippen molar-refractivity contribution in [1.29, 1.82) is 0 Å². The fourth-order valence-corrected chi connectivity index (χ4v) is 6.18. The maximum absolute atomic E-state index is 14.9. The normalized spacial score (nSPS) is 21.2. The molecule has 0 aliphatic heterocycles. The van der Waals surface area contributed by atoms with Crippen molar-refractivity contribution in [2.75, 3.05) is 12.4 Å². The topological polar surface area (TPSA) is 127 Å². The summed E-state index contributed by atoms with van der Waals surface area (Å²) in [4.78, 5) is 28.6. The van der Waals surface area contributed by atoms with Crippen molar-refractivity contribution >= 4 is 34.3 Å². The Kier molecular flexibility index (Phi) is 6.04. The van der Waals surface area contributed by atoms with Crippen molar-refractivity contribution in [1.82, 2.24) is 25.3 Å². The highest BCUT2D eigenvalue weighted by molar-refractivity contribution is 7.14. The number of carbonyl (C=O) groups excluding carboxylic acids is 1. The second-order valence-corrected chi connectivity index (χ2v) is 11.0. The highest BCUT2D eigenvalue weighted by atomic mass is 32.1. The number of amides is 1. The summed E-state index contributed by atoms with van der Waals surface area (Å²) >= 11 is 1.37. The third-order valence-corrected chi connectivity index (χ3v) is 8.46. The zero-order chi connectivity index (χ0) is 25.7. The van der Waals surface area contributed by atoms with Crippen LogP contribution in [0.4, 0.5) is 15.9 Å². The molecule has 0 saturated heterocycles. The first-order valence-corrected chi connectivity index (χ1v) is 13.3. The Morgan fingerprint density at radius 3 is 2.81 bits per heavy atom. The predicted octanol–water partition coefficient (Wildman–Crippen LogP) is 4.33. The van der Waals surface area contributed by atoms with E-state index in [1.165, 1.54) is 22.3 Å². The van der Waals surface area contributed by atoms with Crippen LogP contribution in [0, 0.1) is 0 Å². The third kappa shape index (κ3) is 4.64. The monoisotopic (exact) mass is 522 g/mol. The number of H-pyrrole nitrogens is 2. The van der Waals surface area contributed by atoms with Crippen LogP contribution in [0.25, 0.3) is 5.57 Å². The average Bonchev–Trinajstić information content (AvgIpc) is 3.47. The lowest BCUT2D eigenvalue weighted by atomic mass is 9.95. The Balaban J connectivity index is 1.20. The molecule has 3 aromatic rings. The Hall–Kier alpha value is -3.57. The van der Waals surface area contributed by atoms with Gasteiger partial charge >= 0.3 is 0 Å². The number of rotatable bonds is 6. The first-order valence-electron chi connectivity index (χ1n) is 12.4. The summed E-state index contributed by atoms with van der Waals surface area (Å²) in [5, 5.41) is 27.2. The van der Waals surface area contributed by atoms with Gasteiger partial charge in [0.2, 0.25) is 0 Å². The fraction of sp³-hybridized carbons (Fsp3) is 0.385. The maximum atomic E-state index is 14.9. The Morgan fingerprint density at radius 2 is 2.03 bits per heavy atom. The quantitative estimate of drug-likeness (QED) is 0.382. The SMILES string of the molecule is CN(C(=O)c1cc2c(s1)CCCC2O)C1CC(c2cc(Nc3cc(C4CC4)[nH]n3)c(=O)[nH]n2)=CC=C1F. The first-order chi connectivity index (χ1) is 17.9. The van der Waals surface area contributed by atoms with Crippen molar-refractivity contribution in [2.45, 2.75) is 56.6 Å². The molecule has 1 amide bonds. The van der Waals surface area contributed by atoms with Crippen LogP contribution in [-0.2, 0) is 6.42 Å². The summed E-state index contributed by atoms with van der Waals surface area (Å²) in [5.74, 6) is 0.334. The smallest absolute Gasteiger partial charge is 0.287 e. The van der Waals surface area contributed by atoms with E-state index < -0.39 is 23.5 Å². The molecule has 0 bridgehead atoms. The minimum atomic E-state index is -0.811. The van der Waals surface area contributed by atoms with Gasteiger partial charge in [-0.05, 0) is 61.4 Å². The summed E-state index contributed by atoms with van der Waals surface area (Å²) in [5.41, 5.74) is 2.90. The molecule has 0 aromatic carbocycles. The number of halogens is 1. The summed E-state index contributed by atoms with van der Waals surface area (Å²) in [7, 11) is 1.58. The van der Waals surface area contributed by atoms with Gasteiger partial charge in [-0.2, -0.15) is 10.2 Å². The third-order valence-electron chi connectivity index (χ3n) is 7.27. The number of carbonyl (C=O) groups is 1. The molecule has 3 aliphatic rings. The van der Waals surface area contributed by atoms with Crippen molar-refractivity contribution in [2.24, 2.45) is 0 Å². The first kappa shape index (κ1) is 23.8. The molecular formula is C26H27FN6O3S. The number of aryl methyl sites for hydroxylation is 1. The van der Waals surface area contributed by atoms with Crippen molar-refractivity contribution in [3.63, 3.8) is 0 Å². The Morgan fingerprint density at radius 1 is 1.19 bits per heavy atom. The Bertz CT molecular complexity index is 1480. The minimum Gasteiger partial charge on any atom is -0.388 e. The molecule has 192 valence electrons. The van der Waals surface area contributed by atoms with Crippen molar-refractivity contribution in [3.8, 4) is 0 Å². The van der Waals surface area contributed by atoms with Crippen LogP contribution in [0.15, 0.2) is 41.0 Å². The molecule has 6 rings (SSSR count). The van der Waals surface area contributed by atoms with Crippen molar-refractivity contribution < 1.29 is 14.3 Å². The number of anilines is 2. The molecule has 37 heavy (non-hydrogen) atoms. The van der Waals surface area contributed by atoms with Gasteiger partial charge in [0.15, 0.2) is 5.82 Å². The van der Waals surface area contributed by atoms with Crippen molar-refractivity contribution in [3.05, 3.63) is 73.2 Å². The average molecular weight is 523 g/mol. The van der Waals surface area contributed by atoms with E-state index in [0.29, 0.717) is 34.3 Å². The fourth-order valence-electron chi connectivity index (χ4n) is 4.93. The van der Waals surface area contributed by atoms with E-state index in [2.05, 4.69) is 25.7 Å². The standard InChI is InChI=1S/C26H27FN6O3S/c1-33(26(36)23-10-15-21(34)3-2-4-22(15)37-23)20-9-14(7-8-16(20)27)17-11-19(25(35)32-30-17)28-24-12-18(29-31-24)13-5-6-13/h7-8,10-13,20-21,34H,2-6,9H2,1H3,(H,32,35)(H2,28,29,30,31). The second-order valence-electron chi connectivity index (χ2n) is 9.88. The van der Waals surface area contributed by atoms with Gasteiger partial charge in [0.25, 0.3) is 11.5 Å². The number of aliphatic hydroxyl groups excluding tert-OH is 1. The van der Waals surface area contributed by atoms with E-state index in [4.69, 9.17) is 0 Å². The van der Waals surface area contributed by atoms with Gasteiger partial charge in [0.1, 0.15) is 11.5 Å². The predicted molar refractivity (Wildman–Crippen MR) is 139 cm³/mol. The highest BCUT2D eigenvalue weighted by Gasteiger charge is 2.31. The number of hydrogen-bond donors (Lipinski definition) is 4. The molecule has 1 saturated carbocycles. The van der Waals surface area contributed by atoms with E-state index >= 15 is 0 Å². The van der Waals surface area contributed by atoms with Crippen LogP contribution in [-0.4, -0.2) is 49.4 Å². The van der Waals surface area contributed by atoms with Gasteiger partial charge in [0.05, 0.1) is 22.7 Å². The summed E-state index contributed by atoms with van der Waals surface area (Å²) < 4.78 is 14.9. The molecule has 3 aromatic heterocycles. The number of fused-ring (bicyclic) bond motifs is 1. The molecular weight excluding hydrogens is 495 g/mol. The van der Waals surface area contributed by atoms with Crippen LogP contribution >= 0.6 is 11.3 Å². The molecule has 2 unspecified atom stereocenters. The number of aliphatic hydroxyl groups is 1. The number of hydrogen-bond acceptors (Lipinski definition) is 7. The zero-order valence-corrected chi connectivity index (χ0v) is 21.1. The largest absolute Gasteiger partial charge is 0.388 e. The van der Waals surface area contributed by atoms with Crippen LogP contribution < -0.4 is 10.9 Å². The molecule has 0 spiro atoms. The van der Waals surface area contributed by atoms with E-state index in [1.807, 2.05) is 6.07 Å². The van der Waals surface area contributed by atoms with Crippen LogP contribution in [0.5, 0.6) is 0 Å². The minimum absolute atomic E-state index is 0.199. The zero-order valence-electron chi connectivity index (χ0n) is 20.3. The molecule has 9 nitrogen and oxygen atoms in total. The van der Waals surface area contributed by atoms with Gasteiger partial charge < -0.3 is 15.3 Å². The molecule has 3 heterocycles. The number of aromatic nitrogens is 4. The number of thiophene rings is 1. The van der Waals surface area contributed by atoms with Gasteiger partial charge in [-0.3, -0.25) is 14.7 Å². The second kappa shape index (κ2) is 9.38. The number of nitrogens with zero attached hydrogens (tertiary/aromatic N) is 3. The number of nitrogens with one attached hydrogen (secondary N) is 3. The lowest BCUT2D eigenvalue weighted by molar-refractivity contribution is 0.0745. The number of aromatic amines is 2. The molecule has 2 atom stereocenters. The lowest BCUT2D eigenvalue weighted by Crippen LogP contribution is -2.38. The lowest BCUT2D eigenvalue weighted by Gasteiger charge is -2.29. The highest BCUT2D eigenvalue weighted by Crippen LogP contribution is 2.40. The van der Waals surface area contributed by atoms with Crippen LogP contribution in [0.1, 0.15) is 75.6 Å². The van der Waals surface area contributed by atoms with E-state index in [-0.39, 0.29) is 18.0 Å². The maximum Gasteiger partial charge on any atom is 0.287 e. The molecule has 1 fully saturated rings. The van der Waals surface area contributed by atoms with E-state index in [9.17, 15) is 19.1 Å². The van der Waals surface area contributed by atoms with Gasteiger partial charge in [-0.1, -0.05) is 6.08 Å². The molecule has 4 N–H and O–H groups in total. The molecule has 0 radical (unpaired) electrons. The van der Waals surface area contributed by atoms with E-state index in [0.717, 1.165) is 41.8 Å². The molecule has 11 heteroatoms. The van der Waals surface area contributed by atoms with E-state index in [1.54, 1.807) is 25.3 Å². The number of likely N-dealkylation sites (N-methyl/N-ethyl adjacent to an activating group) is 1. The number of allylic oxidation sites excluding steroid dienone is 2. The molecule has 3 aliphatic carbocycles. The summed E-state index contributed by atoms with van der Waals surface area (Å²) in [6, 6.07) is 4.44. The summed E-state index contributed by atoms with van der Waals surface area (Å²) in [6.45, 7) is 0.